The van der Waals surface area contributed by atoms with E-state index in [1.807, 2.05) is 41.8 Å². The number of nitrogens with zero attached hydrogens (tertiary/aromatic N) is 4. The molecule has 0 saturated heterocycles. The van der Waals surface area contributed by atoms with Crippen LogP contribution in [-0.2, 0) is 0 Å². The number of ether oxygens (including phenoxy) is 1. The summed E-state index contributed by atoms with van der Waals surface area (Å²) >= 11 is 7.71. The molecule has 126 valence electrons. The number of halogens is 1. The van der Waals surface area contributed by atoms with Gasteiger partial charge in [0.05, 0.1) is 10.9 Å². The Labute approximate surface area is 156 Å². The van der Waals surface area contributed by atoms with Crippen LogP contribution in [0, 0.1) is 0 Å². The monoisotopic (exact) mass is 379 g/mol. The van der Waals surface area contributed by atoms with Crippen molar-refractivity contribution in [3.05, 3.63) is 58.9 Å². The largest absolute Gasteiger partial charge is 0.438 e. The number of nitrogens with one attached hydrogen (secondary N) is 1. The van der Waals surface area contributed by atoms with Crippen LogP contribution >= 0.6 is 22.9 Å². The predicted octanol–water partition coefficient (Wildman–Crippen LogP) is 5.08. The molecule has 0 fully saturated rings. The van der Waals surface area contributed by atoms with Crippen molar-refractivity contribution in [3.63, 3.8) is 0 Å². The van der Waals surface area contributed by atoms with Crippen molar-refractivity contribution in [2.24, 2.45) is 0 Å². The molecule has 0 aliphatic heterocycles. The summed E-state index contributed by atoms with van der Waals surface area (Å²) in [4.78, 5) is 4.73. The van der Waals surface area contributed by atoms with Gasteiger partial charge in [0.15, 0.2) is 0 Å². The van der Waals surface area contributed by atoms with Crippen molar-refractivity contribution >= 4 is 43.9 Å². The van der Waals surface area contributed by atoms with E-state index >= 15 is 0 Å². The lowest BCUT2D eigenvalue weighted by atomic mass is 10.1. The molecule has 0 radical (unpaired) electrons. The summed E-state index contributed by atoms with van der Waals surface area (Å²) in [6, 6.07) is 15.2. The normalized spacial score (nSPS) is 11.3. The lowest BCUT2D eigenvalue weighted by molar-refractivity contribution is 0.471. The van der Waals surface area contributed by atoms with E-state index < -0.39 is 0 Å². The van der Waals surface area contributed by atoms with Crippen LogP contribution in [-0.4, -0.2) is 25.6 Å². The van der Waals surface area contributed by atoms with Crippen LogP contribution in [0.25, 0.3) is 32.4 Å². The van der Waals surface area contributed by atoms with E-state index in [0.29, 0.717) is 22.5 Å². The van der Waals surface area contributed by atoms with Crippen LogP contribution in [0.1, 0.15) is 0 Å². The molecule has 6 nitrogen and oxygen atoms in total. The van der Waals surface area contributed by atoms with Gasteiger partial charge in [-0.3, -0.25) is 0 Å². The number of hydrogen-bond acceptors (Lipinski definition) is 6. The molecule has 0 amide bonds. The molecule has 26 heavy (non-hydrogen) atoms. The topological polar surface area (TPSA) is 76.6 Å². The number of tetrazole rings is 1. The quantitative estimate of drug-likeness (QED) is 0.473. The highest BCUT2D eigenvalue weighted by Gasteiger charge is 2.13. The zero-order chi connectivity index (χ0) is 17.5. The number of hydrogen-bond donors (Lipinski definition) is 1. The van der Waals surface area contributed by atoms with Gasteiger partial charge < -0.3 is 4.74 Å². The second-order valence-corrected chi connectivity index (χ2v) is 6.96. The Morgan fingerprint density at radius 2 is 2.00 bits per heavy atom. The maximum atomic E-state index is 6.06. The van der Waals surface area contributed by atoms with Crippen LogP contribution < -0.4 is 4.74 Å². The third-order valence-corrected chi connectivity index (χ3v) is 5.16. The van der Waals surface area contributed by atoms with Gasteiger partial charge >= 0.3 is 0 Å². The molecule has 3 aromatic heterocycles. The standard InChI is InChI=1S/C18H10ClN5OS/c19-11-2-1-3-12(9-11)25-18-14-6-7-26-16(14)13-5-4-10(8-15(13)20-18)17-21-23-24-22-17/h1-9H,(H,21,22,23,24). The van der Waals surface area contributed by atoms with Crippen molar-refractivity contribution < 1.29 is 4.74 Å². The Bertz CT molecular complexity index is 1240. The summed E-state index contributed by atoms with van der Waals surface area (Å²) in [6.07, 6.45) is 0. The molecule has 0 unspecified atom stereocenters. The minimum atomic E-state index is 0.525. The molecular formula is C18H10ClN5OS. The fourth-order valence-electron chi connectivity index (χ4n) is 2.82. The van der Waals surface area contributed by atoms with Crippen molar-refractivity contribution in [2.75, 3.05) is 0 Å². The molecule has 0 aliphatic carbocycles. The second kappa shape index (κ2) is 6.05. The highest BCUT2D eigenvalue weighted by Crippen LogP contribution is 2.37. The van der Waals surface area contributed by atoms with Crippen LogP contribution in [0.3, 0.4) is 0 Å². The fourth-order valence-corrected chi connectivity index (χ4v) is 3.92. The fraction of sp³-hybridized carbons (Fsp3) is 0. The van der Waals surface area contributed by atoms with Crippen LogP contribution in [0.15, 0.2) is 53.9 Å². The molecule has 0 aliphatic rings. The predicted molar refractivity (Wildman–Crippen MR) is 102 cm³/mol. The van der Waals surface area contributed by atoms with Gasteiger partial charge in [-0.1, -0.05) is 29.8 Å². The van der Waals surface area contributed by atoms with Crippen molar-refractivity contribution in [1.29, 1.82) is 0 Å². The van der Waals surface area contributed by atoms with Gasteiger partial charge in [-0.2, -0.15) is 5.21 Å². The number of aromatic amines is 1. The molecule has 5 rings (SSSR count). The number of benzene rings is 2. The first-order chi connectivity index (χ1) is 12.8. The van der Waals surface area contributed by atoms with Crippen molar-refractivity contribution in [2.45, 2.75) is 0 Å². The molecular weight excluding hydrogens is 370 g/mol. The summed E-state index contributed by atoms with van der Waals surface area (Å²) in [5.74, 6) is 1.71. The molecule has 3 heterocycles. The molecule has 0 bridgehead atoms. The van der Waals surface area contributed by atoms with E-state index in [1.165, 1.54) is 0 Å². The van der Waals surface area contributed by atoms with Gasteiger partial charge in [0.25, 0.3) is 0 Å². The zero-order valence-electron chi connectivity index (χ0n) is 13.2. The third-order valence-electron chi connectivity index (χ3n) is 3.97. The average molecular weight is 380 g/mol. The summed E-state index contributed by atoms with van der Waals surface area (Å²) in [7, 11) is 0. The van der Waals surface area contributed by atoms with Gasteiger partial charge in [0, 0.05) is 20.7 Å². The highest BCUT2D eigenvalue weighted by molar-refractivity contribution is 7.18. The van der Waals surface area contributed by atoms with Gasteiger partial charge in [-0.25, -0.2) is 4.98 Å². The first kappa shape index (κ1) is 15.2. The molecule has 0 saturated carbocycles. The zero-order valence-corrected chi connectivity index (χ0v) is 14.8. The molecule has 5 aromatic rings. The van der Waals surface area contributed by atoms with Gasteiger partial charge in [0.1, 0.15) is 5.75 Å². The van der Waals surface area contributed by atoms with E-state index in [1.54, 1.807) is 23.5 Å². The molecule has 1 N–H and O–H groups in total. The lowest BCUT2D eigenvalue weighted by Crippen LogP contribution is -1.91. The lowest BCUT2D eigenvalue weighted by Gasteiger charge is -2.09. The molecule has 0 spiro atoms. The first-order valence-corrected chi connectivity index (χ1v) is 9.02. The summed E-state index contributed by atoms with van der Waals surface area (Å²) in [6.45, 7) is 0. The number of aromatic nitrogens is 5. The molecule has 0 atom stereocenters. The van der Waals surface area contributed by atoms with E-state index in [2.05, 4.69) is 20.6 Å². The number of fused-ring (bicyclic) bond motifs is 3. The first-order valence-electron chi connectivity index (χ1n) is 7.76. The van der Waals surface area contributed by atoms with E-state index in [9.17, 15) is 0 Å². The summed E-state index contributed by atoms with van der Waals surface area (Å²) in [5, 5.41) is 18.8. The van der Waals surface area contributed by atoms with Gasteiger partial charge in [0.2, 0.25) is 11.7 Å². The van der Waals surface area contributed by atoms with Crippen molar-refractivity contribution in [1.82, 2.24) is 25.6 Å². The van der Waals surface area contributed by atoms with E-state index in [-0.39, 0.29) is 0 Å². The second-order valence-electron chi connectivity index (χ2n) is 5.61. The smallest absolute Gasteiger partial charge is 0.228 e. The third kappa shape index (κ3) is 2.58. The van der Waals surface area contributed by atoms with Crippen molar-refractivity contribution in [3.8, 4) is 23.0 Å². The van der Waals surface area contributed by atoms with Crippen LogP contribution in [0.5, 0.6) is 11.6 Å². The minimum Gasteiger partial charge on any atom is -0.438 e. The maximum absolute atomic E-state index is 6.06. The highest BCUT2D eigenvalue weighted by atomic mass is 35.5. The number of thiophene rings is 1. The van der Waals surface area contributed by atoms with E-state index in [0.717, 1.165) is 26.6 Å². The Kier molecular flexibility index (Phi) is 3.55. The van der Waals surface area contributed by atoms with Crippen LogP contribution in [0.4, 0.5) is 0 Å². The minimum absolute atomic E-state index is 0.525. The number of H-pyrrole nitrogens is 1. The molecule has 2 aromatic carbocycles. The average Bonchev–Trinajstić information content (AvgIpc) is 3.33. The maximum Gasteiger partial charge on any atom is 0.228 e. The Hall–Kier alpha value is -3.03. The Balaban J connectivity index is 1.69. The van der Waals surface area contributed by atoms with Gasteiger partial charge in [-0.05, 0) is 40.9 Å². The summed E-state index contributed by atoms with van der Waals surface area (Å²) in [5.41, 5.74) is 1.64. The Morgan fingerprint density at radius 3 is 2.85 bits per heavy atom. The SMILES string of the molecule is Clc1cccc(Oc2nc3cc(-c4nn[nH]n4)ccc3c3sccc23)c1. The summed E-state index contributed by atoms with van der Waals surface area (Å²) < 4.78 is 7.15. The van der Waals surface area contributed by atoms with Crippen LogP contribution in [0.2, 0.25) is 5.02 Å². The number of pyridine rings is 1. The Morgan fingerprint density at radius 1 is 1.04 bits per heavy atom. The van der Waals surface area contributed by atoms with Gasteiger partial charge in [-0.15, -0.1) is 21.5 Å². The number of rotatable bonds is 3. The molecule has 8 heteroatoms. The van der Waals surface area contributed by atoms with E-state index in [4.69, 9.17) is 21.3 Å².